The summed E-state index contributed by atoms with van der Waals surface area (Å²) in [5.74, 6) is 2.11. The van der Waals surface area contributed by atoms with Gasteiger partial charge in [0, 0.05) is 26.1 Å². The molecular weight excluding hydrogens is 711 g/mol. The van der Waals surface area contributed by atoms with E-state index in [2.05, 4.69) is 70.6 Å². The first-order valence-corrected chi connectivity index (χ1v) is 19.0. The van der Waals surface area contributed by atoms with E-state index in [0.717, 1.165) is 56.9 Å². The lowest BCUT2D eigenvalue weighted by atomic mass is 9.77. The molecule has 1 unspecified atom stereocenters. The molecule has 3 heterocycles. The number of tetrazole rings is 1. The molecule has 11 nitrogen and oxygen atoms in total. The Morgan fingerprint density at radius 2 is 1.33 bits per heavy atom. The molecule has 0 spiro atoms. The summed E-state index contributed by atoms with van der Waals surface area (Å²) in [5, 5.41) is 16.7. The normalized spacial score (nSPS) is 12.0. The standard InChI is InChI=1S/C46H43N9O2/c1-5-41-48-40-30-39(49-45(56)53(3)4)32(2)47-43(40)54(41)31-33-26-28-38(29-27-33)57-42(34-18-10-6-11-19-34)44-50-51-52-55(44)46(35-20-12-7-13-21-35,36-22-14-8-15-23-36)37-24-16-9-17-25-37/h6-30,42H,5,31H2,1-4H3,(H,49,56). The number of aromatic nitrogens is 7. The quantitative estimate of drug-likeness (QED) is 0.125. The van der Waals surface area contributed by atoms with Crippen molar-refractivity contribution in [1.82, 2.24) is 39.6 Å². The first kappa shape index (κ1) is 36.8. The first-order valence-electron chi connectivity index (χ1n) is 19.0. The van der Waals surface area contributed by atoms with Crippen LogP contribution in [0.25, 0.3) is 11.2 Å². The highest BCUT2D eigenvalue weighted by atomic mass is 16.5. The number of amides is 2. The van der Waals surface area contributed by atoms with E-state index in [1.807, 2.05) is 115 Å². The van der Waals surface area contributed by atoms with Crippen LogP contribution in [0.5, 0.6) is 5.75 Å². The van der Waals surface area contributed by atoms with Crippen LogP contribution in [0.4, 0.5) is 10.5 Å². The minimum atomic E-state index is -0.932. The van der Waals surface area contributed by atoms with Crippen LogP contribution in [0, 0.1) is 6.92 Å². The summed E-state index contributed by atoms with van der Waals surface area (Å²) >= 11 is 0. The van der Waals surface area contributed by atoms with Crippen molar-refractivity contribution in [2.45, 2.75) is 38.5 Å². The third-order valence-electron chi connectivity index (χ3n) is 10.2. The lowest BCUT2D eigenvalue weighted by Crippen LogP contribution is -2.40. The Hall–Kier alpha value is -7.14. The largest absolute Gasteiger partial charge is 0.478 e. The molecule has 1 N–H and O–H groups in total. The maximum absolute atomic E-state index is 12.4. The van der Waals surface area contributed by atoms with E-state index in [0.29, 0.717) is 23.8 Å². The summed E-state index contributed by atoms with van der Waals surface area (Å²) in [4.78, 5) is 23.7. The van der Waals surface area contributed by atoms with E-state index >= 15 is 0 Å². The van der Waals surface area contributed by atoms with Crippen LogP contribution in [0.2, 0.25) is 0 Å². The second-order valence-electron chi connectivity index (χ2n) is 14.1. The summed E-state index contributed by atoms with van der Waals surface area (Å²) in [6, 6.07) is 50.9. The molecule has 11 heteroatoms. The smallest absolute Gasteiger partial charge is 0.321 e. The van der Waals surface area contributed by atoms with Gasteiger partial charge in [-0.05, 0) is 57.8 Å². The number of pyridine rings is 1. The molecule has 0 bridgehead atoms. The second kappa shape index (κ2) is 15.9. The number of nitrogens with zero attached hydrogens (tertiary/aromatic N) is 8. The molecule has 0 aliphatic carbocycles. The van der Waals surface area contributed by atoms with Gasteiger partial charge in [0.25, 0.3) is 0 Å². The number of imidazole rings is 1. The van der Waals surface area contributed by atoms with E-state index in [-0.39, 0.29) is 6.03 Å². The average Bonchev–Trinajstić information content (AvgIpc) is 3.87. The highest BCUT2D eigenvalue weighted by Crippen LogP contribution is 2.42. The fraction of sp³-hybridized carbons (Fsp3) is 0.174. The van der Waals surface area contributed by atoms with Crippen molar-refractivity contribution in [1.29, 1.82) is 0 Å². The number of nitrogens with one attached hydrogen (secondary N) is 1. The number of hydrogen-bond donors (Lipinski definition) is 1. The Kier molecular flexibility index (Phi) is 10.3. The fourth-order valence-corrected chi connectivity index (χ4v) is 7.37. The zero-order valence-electron chi connectivity index (χ0n) is 32.3. The minimum Gasteiger partial charge on any atom is -0.478 e. The lowest BCUT2D eigenvalue weighted by Gasteiger charge is -2.37. The Morgan fingerprint density at radius 1 is 0.772 bits per heavy atom. The summed E-state index contributed by atoms with van der Waals surface area (Å²) < 4.78 is 11.0. The molecule has 284 valence electrons. The van der Waals surface area contributed by atoms with Gasteiger partial charge in [-0.2, -0.15) is 0 Å². The number of benzene rings is 5. The van der Waals surface area contributed by atoms with Crippen molar-refractivity contribution in [2.24, 2.45) is 0 Å². The number of rotatable bonds is 12. The summed E-state index contributed by atoms with van der Waals surface area (Å²) in [6.07, 6.45) is 0.0566. The first-order chi connectivity index (χ1) is 27.9. The van der Waals surface area contributed by atoms with E-state index < -0.39 is 11.6 Å². The zero-order valence-corrected chi connectivity index (χ0v) is 32.3. The predicted molar refractivity (Wildman–Crippen MR) is 221 cm³/mol. The number of anilines is 1. The molecule has 0 aliphatic rings. The zero-order chi connectivity index (χ0) is 39.4. The third kappa shape index (κ3) is 7.11. The molecule has 57 heavy (non-hydrogen) atoms. The molecule has 8 rings (SSSR count). The van der Waals surface area contributed by atoms with Crippen LogP contribution in [0.1, 0.15) is 58.2 Å². The van der Waals surface area contributed by atoms with Gasteiger partial charge in [-0.3, -0.25) is 0 Å². The maximum atomic E-state index is 12.4. The predicted octanol–water partition coefficient (Wildman–Crippen LogP) is 8.44. The van der Waals surface area contributed by atoms with Gasteiger partial charge in [0.05, 0.1) is 17.9 Å². The van der Waals surface area contributed by atoms with Crippen LogP contribution in [-0.2, 0) is 18.5 Å². The molecule has 0 fully saturated rings. The van der Waals surface area contributed by atoms with E-state index in [9.17, 15) is 4.79 Å². The Morgan fingerprint density at radius 3 is 1.88 bits per heavy atom. The Labute approximate surface area is 331 Å². The summed E-state index contributed by atoms with van der Waals surface area (Å²) in [5.41, 5.74) is 6.89. The molecule has 2 amide bonds. The average molecular weight is 754 g/mol. The molecule has 0 aliphatic heterocycles. The van der Waals surface area contributed by atoms with Crippen molar-refractivity contribution >= 4 is 22.9 Å². The van der Waals surface area contributed by atoms with Crippen molar-refractivity contribution in [3.05, 3.63) is 197 Å². The van der Waals surface area contributed by atoms with Crippen molar-refractivity contribution in [2.75, 3.05) is 19.4 Å². The van der Waals surface area contributed by atoms with E-state index in [1.165, 1.54) is 4.90 Å². The van der Waals surface area contributed by atoms with E-state index in [1.54, 1.807) is 14.1 Å². The number of urea groups is 1. The molecule has 0 saturated carbocycles. The van der Waals surface area contributed by atoms with Crippen LogP contribution in [-0.4, -0.2) is 59.8 Å². The molecule has 1 atom stereocenters. The van der Waals surface area contributed by atoms with Gasteiger partial charge in [-0.15, -0.1) is 5.10 Å². The highest BCUT2D eigenvalue weighted by Gasteiger charge is 2.43. The number of fused-ring (bicyclic) bond motifs is 1. The number of hydrogen-bond acceptors (Lipinski definition) is 7. The second-order valence-corrected chi connectivity index (χ2v) is 14.1. The van der Waals surface area contributed by atoms with Crippen molar-refractivity contribution in [3.8, 4) is 5.75 Å². The van der Waals surface area contributed by atoms with Crippen molar-refractivity contribution in [3.63, 3.8) is 0 Å². The number of aryl methyl sites for hydroxylation is 2. The third-order valence-corrected chi connectivity index (χ3v) is 10.2. The van der Waals surface area contributed by atoms with Gasteiger partial charge < -0.3 is 19.5 Å². The van der Waals surface area contributed by atoms with Crippen LogP contribution in [0.3, 0.4) is 0 Å². The van der Waals surface area contributed by atoms with Gasteiger partial charge in [-0.25, -0.2) is 19.4 Å². The summed E-state index contributed by atoms with van der Waals surface area (Å²) in [6.45, 7) is 4.53. The topological polar surface area (TPSA) is 116 Å². The number of carbonyl (C=O) groups is 1. The SMILES string of the molecule is CCc1nc2cc(NC(=O)N(C)C)c(C)nc2n1Cc1ccc(OC(c2ccccc2)c2nnnn2C(c2ccccc2)(c2ccccc2)c2ccccc2)cc1. The monoisotopic (exact) mass is 753 g/mol. The molecule has 0 radical (unpaired) electrons. The molecule has 3 aromatic heterocycles. The van der Waals surface area contributed by atoms with Gasteiger partial charge in [0.1, 0.15) is 22.6 Å². The molecule has 5 aromatic carbocycles. The number of ether oxygens (including phenoxy) is 1. The lowest BCUT2D eigenvalue weighted by molar-refractivity contribution is 0.222. The van der Waals surface area contributed by atoms with Gasteiger partial charge in [0.2, 0.25) is 0 Å². The van der Waals surface area contributed by atoms with Crippen LogP contribution in [0.15, 0.2) is 152 Å². The Balaban J connectivity index is 1.17. The maximum Gasteiger partial charge on any atom is 0.321 e. The molecular formula is C46H43N9O2. The minimum absolute atomic E-state index is 0.217. The highest BCUT2D eigenvalue weighted by molar-refractivity contribution is 5.91. The molecule has 0 saturated heterocycles. The Bertz CT molecular complexity index is 2490. The molecule has 8 aromatic rings. The van der Waals surface area contributed by atoms with Gasteiger partial charge >= 0.3 is 6.03 Å². The van der Waals surface area contributed by atoms with Crippen molar-refractivity contribution < 1.29 is 9.53 Å². The van der Waals surface area contributed by atoms with Gasteiger partial charge in [0.15, 0.2) is 17.6 Å². The van der Waals surface area contributed by atoms with Gasteiger partial charge in [-0.1, -0.05) is 140 Å². The number of carbonyl (C=O) groups excluding carboxylic acids is 1. The van der Waals surface area contributed by atoms with Crippen LogP contribution >= 0.6 is 0 Å². The summed E-state index contributed by atoms with van der Waals surface area (Å²) in [7, 11) is 3.41. The fourth-order valence-electron chi connectivity index (χ4n) is 7.37. The van der Waals surface area contributed by atoms with E-state index in [4.69, 9.17) is 25.0 Å². The van der Waals surface area contributed by atoms with Crippen LogP contribution < -0.4 is 10.1 Å².